The van der Waals surface area contributed by atoms with Crippen molar-refractivity contribution in [2.24, 2.45) is 17.6 Å². The lowest BCUT2D eigenvalue weighted by Crippen LogP contribution is -2.49. The van der Waals surface area contributed by atoms with E-state index >= 15 is 0 Å². The Morgan fingerprint density at radius 3 is 2.12 bits per heavy atom. The predicted molar refractivity (Wildman–Crippen MR) is 92.9 cm³/mol. The van der Waals surface area contributed by atoms with Gasteiger partial charge in [0.15, 0.2) is 0 Å². The molecule has 0 fully saturated rings. The zero-order valence-corrected chi connectivity index (χ0v) is 14.5. The zero-order chi connectivity index (χ0) is 19.0. The molecule has 1 amide bonds. The summed E-state index contributed by atoms with van der Waals surface area (Å²) in [5.74, 6) is -3.55. The summed E-state index contributed by atoms with van der Waals surface area (Å²) < 4.78 is 0. The van der Waals surface area contributed by atoms with Gasteiger partial charge in [0.1, 0.15) is 6.04 Å². The van der Waals surface area contributed by atoms with Crippen molar-refractivity contribution < 1.29 is 24.6 Å². The van der Waals surface area contributed by atoms with E-state index in [1.54, 1.807) is 0 Å². The molecule has 0 aliphatic carbocycles. The maximum absolute atomic E-state index is 12.2. The summed E-state index contributed by atoms with van der Waals surface area (Å²) in [5, 5.41) is 20.9. The third kappa shape index (κ3) is 7.34. The van der Waals surface area contributed by atoms with Crippen LogP contribution in [0.1, 0.15) is 32.3 Å². The lowest BCUT2D eigenvalue weighted by Gasteiger charge is -2.21. The Morgan fingerprint density at radius 2 is 1.64 bits per heavy atom. The molecule has 25 heavy (non-hydrogen) atoms. The second kappa shape index (κ2) is 9.78. The minimum Gasteiger partial charge on any atom is -0.481 e. The van der Waals surface area contributed by atoms with E-state index in [4.69, 9.17) is 10.8 Å². The van der Waals surface area contributed by atoms with Crippen molar-refractivity contribution in [2.75, 3.05) is 0 Å². The summed E-state index contributed by atoms with van der Waals surface area (Å²) in [6.45, 7) is 3.70. The summed E-state index contributed by atoms with van der Waals surface area (Å²) in [6, 6.07) is 6.96. The third-order valence-electron chi connectivity index (χ3n) is 3.87. The van der Waals surface area contributed by atoms with Crippen LogP contribution in [0.15, 0.2) is 30.3 Å². The Hall–Kier alpha value is -2.41. The highest BCUT2D eigenvalue weighted by Gasteiger charge is 2.28. The number of aliphatic carboxylic acids is 2. The van der Waals surface area contributed by atoms with E-state index in [0.717, 1.165) is 5.56 Å². The van der Waals surface area contributed by atoms with Crippen molar-refractivity contribution in [1.29, 1.82) is 0 Å². The predicted octanol–water partition coefficient (Wildman–Crippen LogP) is 1.26. The van der Waals surface area contributed by atoms with Crippen LogP contribution in [0, 0.1) is 11.8 Å². The number of hydrogen-bond acceptors (Lipinski definition) is 4. The molecular weight excluding hydrogens is 324 g/mol. The van der Waals surface area contributed by atoms with Gasteiger partial charge < -0.3 is 21.3 Å². The van der Waals surface area contributed by atoms with Crippen LogP contribution in [0.25, 0.3) is 0 Å². The molecule has 0 aliphatic rings. The Bertz CT molecular complexity index is 588. The Morgan fingerprint density at radius 1 is 1.04 bits per heavy atom. The van der Waals surface area contributed by atoms with Gasteiger partial charge in [0.25, 0.3) is 0 Å². The molecular formula is C18H26N2O5. The monoisotopic (exact) mass is 350 g/mol. The van der Waals surface area contributed by atoms with Crippen molar-refractivity contribution >= 4 is 17.8 Å². The van der Waals surface area contributed by atoms with Gasteiger partial charge in [-0.15, -0.1) is 0 Å². The fraction of sp³-hybridized carbons (Fsp3) is 0.500. The first-order valence-corrected chi connectivity index (χ1v) is 8.26. The molecule has 0 heterocycles. The van der Waals surface area contributed by atoms with Crippen molar-refractivity contribution in [1.82, 2.24) is 5.32 Å². The lowest BCUT2D eigenvalue weighted by molar-refractivity contribution is -0.144. The van der Waals surface area contributed by atoms with Gasteiger partial charge >= 0.3 is 11.9 Å². The van der Waals surface area contributed by atoms with Gasteiger partial charge in [0.2, 0.25) is 5.91 Å². The molecule has 0 aromatic heterocycles. The number of carbonyl (C=O) groups is 3. The molecule has 1 aromatic rings. The lowest BCUT2D eigenvalue weighted by atomic mass is 9.92. The zero-order valence-electron chi connectivity index (χ0n) is 14.5. The molecule has 0 bridgehead atoms. The van der Waals surface area contributed by atoms with Gasteiger partial charge in [0.05, 0.1) is 12.0 Å². The smallest absolute Gasteiger partial charge is 0.326 e. The SMILES string of the molecule is CC(C)C[C@H](NC(=O)[C@@H](N)CC(Cc1ccccc1)C(=O)O)C(=O)O. The van der Waals surface area contributed by atoms with E-state index in [1.807, 2.05) is 44.2 Å². The highest BCUT2D eigenvalue weighted by atomic mass is 16.4. The molecule has 3 atom stereocenters. The molecule has 1 rings (SSSR count). The van der Waals surface area contributed by atoms with Crippen LogP contribution >= 0.6 is 0 Å². The number of hydrogen-bond donors (Lipinski definition) is 4. The second-order valence-corrected chi connectivity index (χ2v) is 6.60. The summed E-state index contributed by atoms with van der Waals surface area (Å²) in [5.41, 5.74) is 6.66. The van der Waals surface area contributed by atoms with Gasteiger partial charge in [-0.2, -0.15) is 0 Å². The van der Waals surface area contributed by atoms with Crippen LogP contribution in [-0.4, -0.2) is 40.1 Å². The van der Waals surface area contributed by atoms with Gasteiger partial charge in [-0.05, 0) is 30.7 Å². The van der Waals surface area contributed by atoms with Gasteiger partial charge in [0, 0.05) is 0 Å². The minimum atomic E-state index is -1.13. The van der Waals surface area contributed by atoms with Gasteiger partial charge in [-0.25, -0.2) is 4.79 Å². The third-order valence-corrected chi connectivity index (χ3v) is 3.87. The van der Waals surface area contributed by atoms with E-state index < -0.39 is 35.8 Å². The highest BCUT2D eigenvalue weighted by molar-refractivity contribution is 5.87. The van der Waals surface area contributed by atoms with Gasteiger partial charge in [-0.3, -0.25) is 9.59 Å². The van der Waals surface area contributed by atoms with Crippen LogP contribution in [0.5, 0.6) is 0 Å². The van der Waals surface area contributed by atoms with E-state index in [0.29, 0.717) is 0 Å². The largest absolute Gasteiger partial charge is 0.481 e. The van der Waals surface area contributed by atoms with Crippen molar-refractivity contribution in [2.45, 2.75) is 45.2 Å². The van der Waals surface area contributed by atoms with Crippen LogP contribution < -0.4 is 11.1 Å². The fourth-order valence-corrected chi connectivity index (χ4v) is 2.56. The highest BCUT2D eigenvalue weighted by Crippen LogP contribution is 2.15. The Balaban J connectivity index is 2.69. The number of nitrogens with one attached hydrogen (secondary N) is 1. The summed E-state index contributed by atoms with van der Waals surface area (Å²) in [7, 11) is 0. The summed E-state index contributed by atoms with van der Waals surface area (Å²) >= 11 is 0. The molecule has 138 valence electrons. The second-order valence-electron chi connectivity index (χ2n) is 6.60. The maximum Gasteiger partial charge on any atom is 0.326 e. The van der Waals surface area contributed by atoms with Crippen LogP contribution in [0.2, 0.25) is 0 Å². The molecule has 0 spiro atoms. The maximum atomic E-state index is 12.2. The van der Waals surface area contributed by atoms with Crippen molar-refractivity contribution in [3.05, 3.63) is 35.9 Å². The molecule has 7 heteroatoms. The van der Waals surface area contributed by atoms with Crippen molar-refractivity contribution in [3.8, 4) is 0 Å². The summed E-state index contributed by atoms with van der Waals surface area (Å²) in [4.78, 5) is 34.8. The molecule has 0 aliphatic heterocycles. The molecule has 0 radical (unpaired) electrons. The standard InChI is InChI=1S/C18H26N2O5/c1-11(2)8-15(18(24)25)20-16(21)14(19)10-13(17(22)23)9-12-6-4-3-5-7-12/h3-7,11,13-15H,8-10,19H2,1-2H3,(H,20,21)(H,22,23)(H,24,25)/t13?,14-,15-/m0/s1. The fourth-order valence-electron chi connectivity index (χ4n) is 2.56. The molecule has 0 saturated heterocycles. The van der Waals surface area contributed by atoms with Crippen LogP contribution in [0.4, 0.5) is 0 Å². The molecule has 7 nitrogen and oxygen atoms in total. The topological polar surface area (TPSA) is 130 Å². The summed E-state index contributed by atoms with van der Waals surface area (Å²) in [6.07, 6.45) is 0.468. The number of amides is 1. The number of rotatable bonds is 10. The normalized spacial score (nSPS) is 14.6. The number of nitrogens with two attached hydrogens (primary N) is 1. The average Bonchev–Trinajstić information content (AvgIpc) is 2.53. The molecule has 1 aromatic carbocycles. The van der Waals surface area contributed by atoms with Crippen LogP contribution in [-0.2, 0) is 20.8 Å². The minimum absolute atomic E-state index is 0.0654. The molecule has 5 N–H and O–H groups in total. The Kier molecular flexibility index (Phi) is 8.07. The number of carboxylic acids is 2. The van der Waals surface area contributed by atoms with E-state index in [2.05, 4.69) is 5.32 Å². The van der Waals surface area contributed by atoms with Crippen LogP contribution in [0.3, 0.4) is 0 Å². The van der Waals surface area contributed by atoms with Crippen molar-refractivity contribution in [3.63, 3.8) is 0 Å². The number of carbonyl (C=O) groups excluding carboxylic acids is 1. The molecule has 0 saturated carbocycles. The first kappa shape index (κ1) is 20.6. The molecule has 1 unspecified atom stereocenters. The van der Waals surface area contributed by atoms with Gasteiger partial charge in [-0.1, -0.05) is 44.2 Å². The van der Waals surface area contributed by atoms with E-state index in [-0.39, 0.29) is 25.2 Å². The average molecular weight is 350 g/mol. The van der Waals surface area contributed by atoms with E-state index in [1.165, 1.54) is 0 Å². The Labute approximate surface area is 147 Å². The first-order chi connectivity index (χ1) is 11.7. The number of benzene rings is 1. The first-order valence-electron chi connectivity index (χ1n) is 8.26. The quantitative estimate of drug-likeness (QED) is 0.503. The number of carboxylic acid groups (broad SMARTS) is 2. The van der Waals surface area contributed by atoms with E-state index in [9.17, 15) is 19.5 Å².